The summed E-state index contributed by atoms with van der Waals surface area (Å²) in [6.45, 7) is 28.8. The van der Waals surface area contributed by atoms with Gasteiger partial charge in [-0.25, -0.2) is 24.2 Å². The van der Waals surface area contributed by atoms with Crippen molar-refractivity contribution in [2.45, 2.75) is 176 Å². The molecule has 148 heavy (non-hydrogen) atoms. The third-order valence-corrected chi connectivity index (χ3v) is 27.4. The molecule has 0 atom stereocenters. The monoisotopic (exact) mass is 2040 g/mol. The van der Waals surface area contributed by atoms with Gasteiger partial charge in [0.05, 0.1) is 75.7 Å². The molecule has 3 aliphatic heterocycles. The summed E-state index contributed by atoms with van der Waals surface area (Å²) in [5.74, 6) is -2.24. The van der Waals surface area contributed by atoms with E-state index in [4.69, 9.17) is 37.9 Å². The SMILES string of the molecule is CCCCCCC(=O)O/N=C(\CCCS)C(=O)c1ccc(N(c2ccc(CC)cc2)c2ccc(C(=O)C(C)(C)N3CCOCC3)cc2)cc1.CCCCOC/C(=N\OC(=O)c1ccco1)C(=O)c1ccc(N(c2ccccc2)c2ccc(C(=O)C(C)(C)N3CCOCC3)cc2)cc1.CCc1ccc(N(c2ccc(C(=O)/C(CCCCN=C=O)=N/OC(=O)c3cccs3)cc2)c2ccc(C(=O)C(C)(C)N3CCOCC3)cc2)cc1. The van der Waals surface area contributed by atoms with Crippen LogP contribution in [-0.2, 0) is 55.9 Å². The number of furan rings is 1. The molecule has 14 rings (SSSR count). The van der Waals surface area contributed by atoms with Crippen molar-refractivity contribution < 1.29 is 85.8 Å². The summed E-state index contributed by atoms with van der Waals surface area (Å²) < 4.78 is 27.2. The Morgan fingerprint density at radius 2 is 0.736 bits per heavy atom. The molecule has 0 bridgehead atoms. The second kappa shape index (κ2) is 57.0. The smallest absolute Gasteiger partial charge is 0.400 e. The van der Waals surface area contributed by atoms with Crippen molar-refractivity contribution >= 4 is 151 Å². The number of carbonyl (C=O) groups is 9. The third kappa shape index (κ3) is 31.2. The fraction of sp³-hybridized carbons (Fsp3) is 0.364. The summed E-state index contributed by atoms with van der Waals surface area (Å²) >= 11 is 5.51. The maximum Gasteiger partial charge on any atom is 0.400 e. The Kier molecular flexibility index (Phi) is 43.5. The molecular formula is C118H134N10O18S2. The molecule has 0 saturated carbocycles. The molecule has 0 amide bonds. The van der Waals surface area contributed by atoms with E-state index in [1.807, 2.05) is 193 Å². The molecule has 0 radical (unpaired) electrons. The van der Waals surface area contributed by atoms with Gasteiger partial charge >= 0.3 is 17.9 Å². The van der Waals surface area contributed by atoms with E-state index in [2.05, 4.69) is 127 Å². The molecule has 11 aromatic rings. The Labute approximate surface area is 876 Å². The van der Waals surface area contributed by atoms with Crippen LogP contribution in [0, 0.1) is 0 Å². The lowest BCUT2D eigenvalue weighted by atomic mass is 9.90. The number of rotatable bonds is 49. The summed E-state index contributed by atoms with van der Waals surface area (Å²) in [6.07, 6.45) is 12.8. The first-order valence-corrected chi connectivity index (χ1v) is 52.4. The minimum Gasteiger partial charge on any atom is -0.457 e. The number of oxime groups is 3. The molecule has 776 valence electrons. The van der Waals surface area contributed by atoms with Gasteiger partial charge in [0.1, 0.15) is 16.3 Å². The number of aryl methyl sites for hydroxylation is 2. The number of ketones is 6. The van der Waals surface area contributed by atoms with Gasteiger partial charge < -0.3 is 52.6 Å². The lowest BCUT2D eigenvalue weighted by Gasteiger charge is -2.39. The van der Waals surface area contributed by atoms with Crippen molar-refractivity contribution in [3.05, 3.63) is 316 Å². The minimum atomic E-state index is -0.815. The number of nitrogens with zero attached hydrogens (tertiary/aromatic N) is 10. The number of thiophene rings is 1. The van der Waals surface area contributed by atoms with Crippen molar-refractivity contribution in [3.63, 3.8) is 0 Å². The minimum absolute atomic E-state index is 0.0268. The Morgan fingerprint density at radius 1 is 0.378 bits per heavy atom. The number of anilines is 9. The fourth-order valence-corrected chi connectivity index (χ4v) is 18.0. The maximum absolute atomic E-state index is 13.7. The molecule has 3 fully saturated rings. The number of Topliss-reactive ketones (excluding diaryl/α,β-unsaturated/α-hetero) is 6. The van der Waals surface area contributed by atoms with Gasteiger partial charge in [-0.05, 0) is 322 Å². The fourth-order valence-electron chi connectivity index (χ4n) is 17.3. The summed E-state index contributed by atoms with van der Waals surface area (Å²) in [5, 5.41) is 13.6. The number of carbonyl (C=O) groups excluding carboxylic acids is 10. The van der Waals surface area contributed by atoms with E-state index in [-0.39, 0.29) is 77.8 Å². The summed E-state index contributed by atoms with van der Waals surface area (Å²) in [4.78, 5) is 161. The van der Waals surface area contributed by atoms with Crippen LogP contribution in [0.5, 0.6) is 0 Å². The number of benzene rings is 9. The molecule has 0 aliphatic carbocycles. The van der Waals surface area contributed by atoms with E-state index in [1.54, 1.807) is 60.0 Å². The van der Waals surface area contributed by atoms with Gasteiger partial charge in [-0.1, -0.05) is 117 Å². The van der Waals surface area contributed by atoms with Crippen molar-refractivity contribution in [1.29, 1.82) is 0 Å². The van der Waals surface area contributed by atoms with Gasteiger partial charge in [0.2, 0.25) is 29.2 Å². The first kappa shape index (κ1) is 113. The van der Waals surface area contributed by atoms with E-state index in [9.17, 15) is 47.9 Å². The molecule has 9 aromatic carbocycles. The van der Waals surface area contributed by atoms with Crippen LogP contribution in [0.1, 0.15) is 240 Å². The molecule has 0 spiro atoms. The van der Waals surface area contributed by atoms with Crippen LogP contribution in [0.25, 0.3) is 0 Å². The second-order valence-corrected chi connectivity index (χ2v) is 38.8. The van der Waals surface area contributed by atoms with E-state index >= 15 is 0 Å². The van der Waals surface area contributed by atoms with Crippen molar-refractivity contribution in [2.24, 2.45) is 20.5 Å². The molecule has 0 N–H and O–H groups in total. The van der Waals surface area contributed by atoms with Crippen molar-refractivity contribution in [1.82, 2.24) is 14.7 Å². The van der Waals surface area contributed by atoms with E-state index in [1.165, 1.54) is 40.9 Å². The molecule has 30 heteroatoms. The van der Waals surface area contributed by atoms with E-state index in [0.717, 1.165) is 116 Å². The largest absolute Gasteiger partial charge is 0.457 e. The lowest BCUT2D eigenvalue weighted by Crippen LogP contribution is -2.54. The molecule has 5 heterocycles. The number of thiol groups is 1. The zero-order chi connectivity index (χ0) is 105. The van der Waals surface area contributed by atoms with Crippen LogP contribution in [0.3, 0.4) is 0 Å². The normalized spacial score (nSPS) is 13.9. The van der Waals surface area contributed by atoms with Crippen LogP contribution in [0.15, 0.2) is 285 Å². The Balaban J connectivity index is 0.000000197. The predicted octanol–water partition coefficient (Wildman–Crippen LogP) is 24.0. The zero-order valence-electron chi connectivity index (χ0n) is 86.2. The zero-order valence-corrected chi connectivity index (χ0v) is 87.9. The second-order valence-electron chi connectivity index (χ2n) is 37.4. The lowest BCUT2D eigenvalue weighted by molar-refractivity contribution is -0.143. The number of ether oxygens (including phenoxy) is 4. The molecule has 2 aromatic heterocycles. The highest BCUT2D eigenvalue weighted by Crippen LogP contribution is 2.41. The van der Waals surface area contributed by atoms with Gasteiger partial charge in [0, 0.05) is 137 Å². The van der Waals surface area contributed by atoms with Crippen LogP contribution < -0.4 is 14.7 Å². The molecule has 3 aliphatic rings. The van der Waals surface area contributed by atoms with Gasteiger partial charge in [0.25, 0.3) is 0 Å². The first-order valence-electron chi connectivity index (χ1n) is 50.8. The number of isocyanates is 1. The molecular weight excluding hydrogens is 1910 g/mol. The highest BCUT2D eigenvalue weighted by atomic mass is 32.1. The predicted molar refractivity (Wildman–Crippen MR) is 584 cm³/mol. The van der Waals surface area contributed by atoms with Gasteiger partial charge in [0.15, 0.2) is 23.1 Å². The Morgan fingerprint density at radius 3 is 1.10 bits per heavy atom. The maximum atomic E-state index is 13.7. The van der Waals surface area contributed by atoms with E-state index in [0.29, 0.717) is 142 Å². The van der Waals surface area contributed by atoms with Crippen LogP contribution in [0.2, 0.25) is 0 Å². The number of para-hydroxylation sites is 1. The molecule has 28 nitrogen and oxygen atoms in total. The number of aliphatic imine (C=N–C) groups is 1. The quantitative estimate of drug-likeness (QED) is 0.00704. The Hall–Kier alpha value is -13.8. The van der Waals surface area contributed by atoms with Gasteiger partial charge in [-0.2, -0.15) is 12.6 Å². The molecule has 0 unspecified atom stereocenters. The standard InChI is InChI=1S/C40H42N4O6S.C40H51N3O5S.C38H41N3O7/c1-4-29-10-16-32(17-11-29)44(34-20-14-31(15-21-34)38(47)40(2,3)43-23-25-49-26-24-43)33-18-12-30(13-19-33)37(46)35(8-5-6-22-41-28-45)42-50-39(48)36-9-7-27-51-36;1-5-7-8-9-12-37(44)48-41-36(11-10-29-49)38(45)31-15-21-34(22-16-31)43(33-19-13-30(6-2)14-20-33)35-23-17-32(18-24-35)39(46)40(3,4)42-25-27-47-28-26-42;1-4-5-23-46-27-33(39-48-37(44)34-12-9-24-47-34)35(42)28-13-17-31(18-14-28)41(30-10-7-6-8-11-30)32-19-15-29(16-20-32)36(43)38(2,3)40-21-25-45-26-22-40/h7,9-21,27H,4-6,8,22-26H2,1-3H3;13-24,49H,5-12,25-29H2,1-4H3;6-20,24H,4-5,21-23,25-27H2,1-3H3/b42-35+;41-36+;39-33+. The highest BCUT2D eigenvalue weighted by molar-refractivity contribution is 7.80. The topological polar surface area (TPSA) is 317 Å². The van der Waals surface area contributed by atoms with Gasteiger partial charge in [-0.15, -0.1) is 11.3 Å². The number of unbranched alkanes of at least 4 members (excludes halogenated alkanes) is 5. The number of hydrogen-bond acceptors (Lipinski definition) is 30. The average molecular weight is 2040 g/mol. The number of morpholine rings is 3. The first-order chi connectivity index (χ1) is 71.7. The summed E-state index contributed by atoms with van der Waals surface area (Å²) in [7, 11) is 0. The van der Waals surface area contributed by atoms with Crippen molar-refractivity contribution in [2.75, 3.05) is 119 Å². The Bertz CT molecular complexity index is 6300. The average Bonchev–Trinajstić information content (AvgIpc) is 0.914. The van der Waals surface area contributed by atoms with Crippen molar-refractivity contribution in [3.8, 4) is 0 Å². The number of hydrogen-bond donors (Lipinski definition) is 1. The van der Waals surface area contributed by atoms with Crippen LogP contribution >= 0.6 is 24.0 Å². The van der Waals surface area contributed by atoms with Gasteiger partial charge in [-0.3, -0.25) is 43.5 Å². The summed E-state index contributed by atoms with van der Waals surface area (Å²) in [5.41, 5.74) is 11.6. The van der Waals surface area contributed by atoms with Crippen LogP contribution in [0.4, 0.5) is 51.2 Å². The third-order valence-electron chi connectivity index (χ3n) is 26.3. The summed E-state index contributed by atoms with van der Waals surface area (Å²) in [6, 6.07) is 77.4. The van der Waals surface area contributed by atoms with E-state index < -0.39 is 40.3 Å². The molecule has 3 saturated heterocycles. The highest BCUT2D eigenvalue weighted by Gasteiger charge is 2.40. The van der Waals surface area contributed by atoms with Crippen LogP contribution in [-0.4, -0.2) is 212 Å².